The average molecular weight is 201 g/mol. The summed E-state index contributed by atoms with van der Waals surface area (Å²) in [4.78, 5) is 5.37. The molecule has 0 aliphatic heterocycles. The van der Waals surface area contributed by atoms with Crippen LogP contribution in [0.4, 0.5) is 0 Å². The molecule has 14 heavy (non-hydrogen) atoms. The first-order valence-corrected chi connectivity index (χ1v) is 5.28. The molecule has 0 radical (unpaired) electrons. The van der Waals surface area contributed by atoms with Crippen LogP contribution in [0.2, 0.25) is 0 Å². The Labute approximate surface area is 88.3 Å². The van der Waals surface area contributed by atoms with Crippen molar-refractivity contribution in [1.82, 2.24) is 5.48 Å². The van der Waals surface area contributed by atoms with Crippen molar-refractivity contribution >= 4 is 0 Å². The predicted molar refractivity (Wildman–Crippen MR) is 60.6 cm³/mol. The van der Waals surface area contributed by atoms with Gasteiger partial charge < -0.3 is 4.48 Å². The quantitative estimate of drug-likeness (QED) is 0.294. The highest BCUT2D eigenvalue weighted by Gasteiger charge is 2.24. The molecule has 3 heteroatoms. The number of hydroxylamine groups is 1. The monoisotopic (exact) mass is 201 g/mol. The van der Waals surface area contributed by atoms with Gasteiger partial charge in [-0.15, -0.1) is 5.48 Å². The summed E-state index contributed by atoms with van der Waals surface area (Å²) in [5, 5.41) is 0. The number of hydrogen-bond donors (Lipinski definition) is 1. The van der Waals surface area contributed by atoms with Crippen molar-refractivity contribution in [3.63, 3.8) is 0 Å². The van der Waals surface area contributed by atoms with Crippen molar-refractivity contribution in [1.29, 1.82) is 0 Å². The molecule has 0 aromatic carbocycles. The summed E-state index contributed by atoms with van der Waals surface area (Å²) in [5.74, 6) is 0. The highest BCUT2D eigenvalue weighted by atomic mass is 16.6. The minimum absolute atomic E-state index is 0.347. The Hall–Kier alpha value is -0.380. The second-order valence-electron chi connectivity index (χ2n) is 4.38. The summed E-state index contributed by atoms with van der Waals surface area (Å²) in [6, 6.07) is 0. The van der Waals surface area contributed by atoms with Crippen molar-refractivity contribution in [3.8, 4) is 0 Å². The van der Waals surface area contributed by atoms with Crippen LogP contribution in [0.3, 0.4) is 0 Å². The molecule has 0 heterocycles. The highest BCUT2D eigenvalue weighted by molar-refractivity contribution is 4.86. The summed E-state index contributed by atoms with van der Waals surface area (Å²) in [7, 11) is 4.40. The summed E-state index contributed by atoms with van der Waals surface area (Å²) in [6.45, 7) is 11.8. The lowest BCUT2D eigenvalue weighted by Crippen LogP contribution is -2.55. The first kappa shape index (κ1) is 13.6. The maximum absolute atomic E-state index is 5.37. The number of quaternary nitrogens is 1. The lowest BCUT2D eigenvalue weighted by molar-refractivity contribution is -0.920. The topological polar surface area (TPSA) is 21.3 Å². The van der Waals surface area contributed by atoms with Gasteiger partial charge in [-0.2, -0.15) is 0 Å². The van der Waals surface area contributed by atoms with Gasteiger partial charge in [0.15, 0.2) is 6.17 Å². The summed E-state index contributed by atoms with van der Waals surface area (Å²) in [5.41, 5.74) is 4.14. The van der Waals surface area contributed by atoms with E-state index in [1.165, 1.54) is 0 Å². The zero-order chi connectivity index (χ0) is 11.2. The molecule has 0 aliphatic carbocycles. The lowest BCUT2D eigenvalue weighted by atomic mass is 10.3. The molecule has 0 bridgehead atoms. The second-order valence-corrected chi connectivity index (χ2v) is 4.38. The third kappa shape index (κ3) is 4.74. The van der Waals surface area contributed by atoms with Crippen molar-refractivity contribution in [2.24, 2.45) is 0 Å². The van der Waals surface area contributed by atoms with E-state index in [-0.39, 0.29) is 0 Å². The fourth-order valence-corrected chi connectivity index (χ4v) is 1.20. The van der Waals surface area contributed by atoms with Crippen LogP contribution in [-0.4, -0.2) is 37.9 Å². The number of nitrogens with one attached hydrogen (secondary N) is 1. The Morgan fingerprint density at radius 3 is 2.36 bits per heavy atom. The van der Waals surface area contributed by atoms with Gasteiger partial charge in [-0.1, -0.05) is 19.1 Å². The average Bonchev–Trinajstić information content (AvgIpc) is 2.11. The third-order valence-corrected chi connectivity index (χ3v) is 2.58. The van der Waals surface area contributed by atoms with Gasteiger partial charge in [-0.3, -0.25) is 4.84 Å². The Morgan fingerprint density at radius 2 is 2.00 bits per heavy atom. The van der Waals surface area contributed by atoms with Crippen LogP contribution in [0.15, 0.2) is 12.2 Å². The fraction of sp³-hybridized carbons (Fsp3) is 0.818. The second kappa shape index (κ2) is 6.17. The zero-order valence-corrected chi connectivity index (χ0v) is 10.3. The maximum atomic E-state index is 5.37. The molecule has 0 aromatic heterocycles. The van der Waals surface area contributed by atoms with E-state index in [9.17, 15) is 0 Å². The van der Waals surface area contributed by atoms with Gasteiger partial charge in [0.2, 0.25) is 0 Å². The molecule has 3 nitrogen and oxygen atoms in total. The normalized spacial score (nSPS) is 14.1. The van der Waals surface area contributed by atoms with Crippen LogP contribution >= 0.6 is 0 Å². The van der Waals surface area contributed by atoms with Gasteiger partial charge in [0.25, 0.3) is 0 Å². The largest absolute Gasteiger partial charge is 0.312 e. The van der Waals surface area contributed by atoms with E-state index >= 15 is 0 Å². The van der Waals surface area contributed by atoms with E-state index in [1.807, 2.05) is 6.92 Å². The maximum Gasteiger partial charge on any atom is 0.164 e. The Morgan fingerprint density at radius 1 is 1.43 bits per heavy atom. The molecule has 1 atom stereocenters. The number of nitrogens with zero attached hydrogens (tertiary/aromatic N) is 1. The molecular formula is C11H25N2O+. The number of hydrogen-bond acceptors (Lipinski definition) is 2. The summed E-state index contributed by atoms with van der Waals surface area (Å²) in [6.07, 6.45) is 1.40. The van der Waals surface area contributed by atoms with Gasteiger partial charge in [-0.25, -0.2) is 0 Å². The first-order valence-electron chi connectivity index (χ1n) is 5.28. The zero-order valence-electron chi connectivity index (χ0n) is 10.3. The van der Waals surface area contributed by atoms with Gasteiger partial charge in [-0.05, 0) is 13.8 Å². The van der Waals surface area contributed by atoms with Crippen LogP contribution < -0.4 is 5.48 Å². The smallest absolute Gasteiger partial charge is 0.164 e. The van der Waals surface area contributed by atoms with Gasteiger partial charge >= 0.3 is 0 Å². The molecule has 84 valence electrons. The third-order valence-electron chi connectivity index (χ3n) is 2.58. The molecular weight excluding hydrogens is 176 g/mol. The summed E-state index contributed by atoms with van der Waals surface area (Å²) >= 11 is 0. The van der Waals surface area contributed by atoms with E-state index in [2.05, 4.69) is 40.0 Å². The molecule has 0 aliphatic rings. The predicted octanol–water partition coefficient (Wildman–Crippen LogP) is 1.92. The van der Waals surface area contributed by atoms with Crippen LogP contribution in [0, 0.1) is 0 Å². The molecule has 1 unspecified atom stereocenters. The first-order chi connectivity index (χ1) is 6.44. The molecule has 0 saturated carbocycles. The minimum Gasteiger partial charge on any atom is -0.312 e. The van der Waals surface area contributed by atoms with Crippen LogP contribution in [0.5, 0.6) is 0 Å². The Bertz CT molecular complexity index is 178. The van der Waals surface area contributed by atoms with E-state index in [0.717, 1.165) is 23.0 Å². The van der Waals surface area contributed by atoms with Gasteiger partial charge in [0.1, 0.15) is 0 Å². The van der Waals surface area contributed by atoms with Crippen molar-refractivity contribution in [3.05, 3.63) is 12.2 Å². The van der Waals surface area contributed by atoms with E-state index < -0.39 is 0 Å². The van der Waals surface area contributed by atoms with E-state index in [4.69, 9.17) is 4.84 Å². The van der Waals surface area contributed by atoms with Crippen molar-refractivity contribution < 1.29 is 9.32 Å². The molecule has 0 saturated heterocycles. The van der Waals surface area contributed by atoms with E-state index in [0.29, 0.717) is 12.8 Å². The van der Waals surface area contributed by atoms with Crippen LogP contribution in [0.25, 0.3) is 0 Å². The summed E-state index contributed by atoms with van der Waals surface area (Å²) < 4.78 is 0.923. The Balaban J connectivity index is 3.97. The molecule has 0 fully saturated rings. The highest BCUT2D eigenvalue weighted by Crippen LogP contribution is 2.07. The SMILES string of the molecule is C=C(C)CONC(CC)[N+](C)(C)CC. The van der Waals surface area contributed by atoms with E-state index in [1.54, 1.807) is 0 Å². The molecule has 0 aromatic rings. The van der Waals surface area contributed by atoms with Crippen molar-refractivity contribution in [2.75, 3.05) is 27.2 Å². The fourth-order valence-electron chi connectivity index (χ4n) is 1.20. The number of rotatable bonds is 7. The Kier molecular flexibility index (Phi) is 6.00. The lowest BCUT2D eigenvalue weighted by Gasteiger charge is -2.36. The van der Waals surface area contributed by atoms with Gasteiger partial charge in [0.05, 0.1) is 27.2 Å². The van der Waals surface area contributed by atoms with Crippen LogP contribution in [0.1, 0.15) is 27.2 Å². The molecule has 0 spiro atoms. The van der Waals surface area contributed by atoms with Gasteiger partial charge in [0, 0.05) is 6.42 Å². The molecule has 0 amide bonds. The molecule has 0 rings (SSSR count). The minimum atomic E-state index is 0.347. The van der Waals surface area contributed by atoms with Crippen LogP contribution in [-0.2, 0) is 4.84 Å². The standard InChI is InChI=1S/C11H25N2O/c1-7-11(13(5,6)8-2)12-14-9-10(3)4/h11-12H,3,7-9H2,1-2,4-6H3/q+1. The van der Waals surface area contributed by atoms with Crippen molar-refractivity contribution in [2.45, 2.75) is 33.4 Å². The molecule has 1 N–H and O–H groups in total.